The molecule has 0 aromatic heterocycles. The molecule has 0 amide bonds. The second kappa shape index (κ2) is 5.63. The SMILES string of the molecule is CCCCOc1[c]cccc1CC. The molecule has 1 radical (unpaired) electrons. The Bertz CT molecular complexity index is 243. The van der Waals surface area contributed by atoms with Crippen molar-refractivity contribution in [2.75, 3.05) is 6.61 Å². The standard InChI is InChI=1S/C12H17O/c1-3-5-10-13-12-9-7-6-8-11(12)4-2/h6-8H,3-5,10H2,1-2H3. The molecule has 0 N–H and O–H groups in total. The number of ether oxygens (including phenoxy) is 1. The fourth-order valence-electron chi connectivity index (χ4n) is 1.19. The van der Waals surface area contributed by atoms with Gasteiger partial charge in [0.2, 0.25) is 0 Å². The minimum absolute atomic E-state index is 0.810. The Kier molecular flexibility index (Phi) is 4.37. The van der Waals surface area contributed by atoms with Crippen LogP contribution in [0.5, 0.6) is 5.75 Å². The maximum Gasteiger partial charge on any atom is 0.130 e. The van der Waals surface area contributed by atoms with Crippen molar-refractivity contribution in [3.8, 4) is 5.75 Å². The second-order valence-corrected chi connectivity index (χ2v) is 3.08. The summed E-state index contributed by atoms with van der Waals surface area (Å²) >= 11 is 0. The van der Waals surface area contributed by atoms with E-state index in [1.165, 1.54) is 12.0 Å². The number of aryl methyl sites for hydroxylation is 1. The first kappa shape index (κ1) is 10.1. The smallest absolute Gasteiger partial charge is 0.130 e. The van der Waals surface area contributed by atoms with Crippen LogP contribution in [0.2, 0.25) is 0 Å². The summed E-state index contributed by atoms with van der Waals surface area (Å²) in [6.07, 6.45) is 3.30. The zero-order chi connectivity index (χ0) is 9.52. The van der Waals surface area contributed by atoms with E-state index in [2.05, 4.69) is 26.0 Å². The monoisotopic (exact) mass is 177 g/mol. The lowest BCUT2D eigenvalue weighted by Gasteiger charge is -2.08. The highest BCUT2D eigenvalue weighted by atomic mass is 16.5. The fourth-order valence-corrected chi connectivity index (χ4v) is 1.19. The van der Waals surface area contributed by atoms with Crippen molar-refractivity contribution in [2.24, 2.45) is 0 Å². The molecule has 0 saturated heterocycles. The average Bonchev–Trinajstić information content (AvgIpc) is 2.19. The van der Waals surface area contributed by atoms with Gasteiger partial charge in [0.15, 0.2) is 0 Å². The molecule has 0 saturated carbocycles. The second-order valence-electron chi connectivity index (χ2n) is 3.08. The van der Waals surface area contributed by atoms with Gasteiger partial charge in [0.25, 0.3) is 0 Å². The van der Waals surface area contributed by atoms with Crippen molar-refractivity contribution in [1.82, 2.24) is 0 Å². The Morgan fingerprint density at radius 3 is 2.92 bits per heavy atom. The van der Waals surface area contributed by atoms with Crippen LogP contribution in [0.1, 0.15) is 32.3 Å². The molecule has 0 spiro atoms. The maximum absolute atomic E-state index is 5.61. The summed E-state index contributed by atoms with van der Waals surface area (Å²) in [4.78, 5) is 0. The summed E-state index contributed by atoms with van der Waals surface area (Å²) in [5, 5.41) is 0. The summed E-state index contributed by atoms with van der Waals surface area (Å²) in [6, 6.07) is 9.13. The predicted octanol–water partition coefficient (Wildman–Crippen LogP) is 3.23. The third-order valence-electron chi connectivity index (χ3n) is 2.02. The van der Waals surface area contributed by atoms with E-state index in [4.69, 9.17) is 4.74 Å². The van der Waals surface area contributed by atoms with E-state index >= 15 is 0 Å². The topological polar surface area (TPSA) is 9.23 Å². The molecule has 0 bridgehead atoms. The van der Waals surface area contributed by atoms with Crippen LogP contribution in [-0.2, 0) is 6.42 Å². The number of para-hydroxylation sites is 1. The number of hydrogen-bond donors (Lipinski definition) is 0. The fraction of sp³-hybridized carbons (Fsp3) is 0.500. The molecule has 0 aliphatic carbocycles. The first-order valence-electron chi connectivity index (χ1n) is 5.00. The molecule has 0 atom stereocenters. The first-order valence-corrected chi connectivity index (χ1v) is 5.00. The Labute approximate surface area is 80.7 Å². The van der Waals surface area contributed by atoms with Gasteiger partial charge in [0.05, 0.1) is 6.61 Å². The Hall–Kier alpha value is -0.980. The van der Waals surface area contributed by atoms with Crippen molar-refractivity contribution in [3.63, 3.8) is 0 Å². The lowest BCUT2D eigenvalue weighted by atomic mass is 10.1. The van der Waals surface area contributed by atoms with Gasteiger partial charge in [-0.1, -0.05) is 38.5 Å². The van der Waals surface area contributed by atoms with Crippen LogP contribution >= 0.6 is 0 Å². The van der Waals surface area contributed by atoms with Gasteiger partial charge in [-0.05, 0) is 18.4 Å². The lowest BCUT2D eigenvalue weighted by Crippen LogP contribution is -1.99. The zero-order valence-corrected chi connectivity index (χ0v) is 8.47. The predicted molar refractivity (Wildman–Crippen MR) is 55.1 cm³/mol. The Morgan fingerprint density at radius 2 is 2.23 bits per heavy atom. The van der Waals surface area contributed by atoms with Gasteiger partial charge in [0.1, 0.15) is 5.75 Å². The Balaban J connectivity index is 2.54. The number of unbranched alkanes of at least 4 members (excludes halogenated alkanes) is 1. The highest BCUT2D eigenvalue weighted by molar-refractivity contribution is 5.31. The molecule has 71 valence electrons. The minimum Gasteiger partial charge on any atom is -0.493 e. The van der Waals surface area contributed by atoms with E-state index in [1.54, 1.807) is 0 Å². The summed E-state index contributed by atoms with van der Waals surface area (Å²) in [6.45, 7) is 5.11. The van der Waals surface area contributed by atoms with Crippen LogP contribution in [0.25, 0.3) is 0 Å². The van der Waals surface area contributed by atoms with Crippen LogP contribution in [0.3, 0.4) is 0 Å². The molecular weight excluding hydrogens is 160 g/mol. The van der Waals surface area contributed by atoms with E-state index in [0.29, 0.717) is 0 Å². The van der Waals surface area contributed by atoms with E-state index in [9.17, 15) is 0 Å². The quantitative estimate of drug-likeness (QED) is 0.627. The third kappa shape index (κ3) is 3.10. The summed E-state index contributed by atoms with van der Waals surface area (Å²) in [5.41, 5.74) is 1.25. The number of rotatable bonds is 5. The van der Waals surface area contributed by atoms with Gasteiger partial charge in [-0.15, -0.1) is 0 Å². The van der Waals surface area contributed by atoms with Gasteiger partial charge in [-0.3, -0.25) is 0 Å². The van der Waals surface area contributed by atoms with Crippen molar-refractivity contribution in [2.45, 2.75) is 33.1 Å². The van der Waals surface area contributed by atoms with E-state index in [-0.39, 0.29) is 0 Å². The lowest BCUT2D eigenvalue weighted by molar-refractivity contribution is 0.306. The van der Waals surface area contributed by atoms with Gasteiger partial charge < -0.3 is 4.74 Å². The summed E-state index contributed by atoms with van der Waals surface area (Å²) < 4.78 is 5.61. The minimum atomic E-state index is 0.810. The molecular formula is C12H17O. The molecule has 0 fully saturated rings. The molecule has 0 aliphatic heterocycles. The molecule has 0 heterocycles. The molecule has 1 aromatic carbocycles. The van der Waals surface area contributed by atoms with Gasteiger partial charge in [0, 0.05) is 6.07 Å². The molecule has 1 rings (SSSR count). The number of hydrogen-bond acceptors (Lipinski definition) is 1. The largest absolute Gasteiger partial charge is 0.493 e. The van der Waals surface area contributed by atoms with Gasteiger partial charge in [-0.2, -0.15) is 0 Å². The average molecular weight is 177 g/mol. The normalized spacial score (nSPS) is 10.0. The highest BCUT2D eigenvalue weighted by Crippen LogP contribution is 2.17. The maximum atomic E-state index is 5.61. The Morgan fingerprint density at radius 1 is 1.38 bits per heavy atom. The molecule has 1 aromatic rings. The molecule has 1 nitrogen and oxygen atoms in total. The van der Waals surface area contributed by atoms with Crippen LogP contribution in [0.15, 0.2) is 18.2 Å². The highest BCUT2D eigenvalue weighted by Gasteiger charge is 1.99. The molecule has 0 aliphatic rings. The van der Waals surface area contributed by atoms with Crippen LogP contribution in [-0.4, -0.2) is 6.61 Å². The van der Waals surface area contributed by atoms with Gasteiger partial charge in [-0.25, -0.2) is 0 Å². The van der Waals surface area contributed by atoms with Crippen molar-refractivity contribution in [3.05, 3.63) is 29.8 Å². The molecule has 13 heavy (non-hydrogen) atoms. The first-order chi connectivity index (χ1) is 6.38. The third-order valence-corrected chi connectivity index (χ3v) is 2.02. The summed E-state index contributed by atoms with van der Waals surface area (Å²) in [5.74, 6) is 0.929. The van der Waals surface area contributed by atoms with E-state index in [0.717, 1.165) is 25.2 Å². The van der Waals surface area contributed by atoms with Gasteiger partial charge >= 0.3 is 0 Å². The van der Waals surface area contributed by atoms with Crippen LogP contribution in [0.4, 0.5) is 0 Å². The van der Waals surface area contributed by atoms with Crippen LogP contribution in [0, 0.1) is 6.07 Å². The van der Waals surface area contributed by atoms with Crippen LogP contribution < -0.4 is 4.74 Å². The zero-order valence-electron chi connectivity index (χ0n) is 8.47. The number of benzene rings is 1. The molecule has 1 heteroatoms. The van der Waals surface area contributed by atoms with Crippen molar-refractivity contribution < 1.29 is 4.74 Å². The van der Waals surface area contributed by atoms with Crippen molar-refractivity contribution >= 4 is 0 Å². The van der Waals surface area contributed by atoms with E-state index in [1.807, 2.05) is 12.1 Å². The van der Waals surface area contributed by atoms with E-state index < -0.39 is 0 Å². The summed E-state index contributed by atoms with van der Waals surface area (Å²) in [7, 11) is 0. The van der Waals surface area contributed by atoms with Crippen molar-refractivity contribution in [1.29, 1.82) is 0 Å². The molecule has 0 unspecified atom stereocenters.